The molecule has 2 aromatic carbocycles. The number of hydrogen-bond donors (Lipinski definition) is 1. The van der Waals surface area contributed by atoms with E-state index in [9.17, 15) is 4.79 Å². The van der Waals surface area contributed by atoms with Gasteiger partial charge in [0.1, 0.15) is 6.04 Å². The zero-order chi connectivity index (χ0) is 17.6. The normalized spacial score (nSPS) is 15.6. The van der Waals surface area contributed by atoms with Gasteiger partial charge in [-0.2, -0.15) is 0 Å². The molecule has 0 spiro atoms. The number of hydrogen-bond acceptors (Lipinski definition) is 1. The Morgan fingerprint density at radius 1 is 1.16 bits per heavy atom. The highest BCUT2D eigenvalue weighted by molar-refractivity contribution is 6.30. The third kappa shape index (κ3) is 4.71. The zero-order valence-corrected chi connectivity index (χ0v) is 15.2. The molecule has 1 amide bonds. The molecule has 0 saturated heterocycles. The molecule has 0 radical (unpaired) electrons. The number of carbonyl (C=O) groups is 1. The number of halogens is 1. The van der Waals surface area contributed by atoms with Crippen LogP contribution in [0.2, 0.25) is 5.02 Å². The third-order valence-electron chi connectivity index (χ3n) is 4.75. The van der Waals surface area contributed by atoms with E-state index in [-0.39, 0.29) is 11.9 Å². The molecule has 3 nitrogen and oxygen atoms in total. The summed E-state index contributed by atoms with van der Waals surface area (Å²) in [4.78, 5) is 14.4. The molecule has 0 aromatic heterocycles. The van der Waals surface area contributed by atoms with Crippen molar-refractivity contribution in [3.8, 4) is 0 Å². The smallest absolute Gasteiger partial charge is 0.277 e. The Morgan fingerprint density at radius 2 is 1.88 bits per heavy atom. The molecule has 2 aromatic rings. The van der Waals surface area contributed by atoms with Crippen LogP contribution >= 0.6 is 11.6 Å². The van der Waals surface area contributed by atoms with Crippen LogP contribution in [0.5, 0.6) is 0 Å². The largest absolute Gasteiger partial charge is 0.334 e. The lowest BCUT2D eigenvalue weighted by molar-refractivity contribution is -0.683. The summed E-state index contributed by atoms with van der Waals surface area (Å²) in [6, 6.07) is 18.5. The highest BCUT2D eigenvalue weighted by atomic mass is 35.5. The van der Waals surface area contributed by atoms with E-state index in [1.54, 1.807) is 0 Å². The third-order valence-corrected chi connectivity index (χ3v) is 5.00. The van der Waals surface area contributed by atoms with E-state index in [1.807, 2.05) is 35.2 Å². The standard InChI is InChI=1S/C21H23ClN2O/c1-16(17-7-9-20(22)10-8-17)23-15-21(25)24-13-11-19(12-14-24)18-5-3-2-4-6-18/h2-11,16,23H,12-15H2,1H3/p+1/t16-/m0/s1. The predicted molar refractivity (Wildman–Crippen MR) is 102 cm³/mol. The average molecular weight is 356 g/mol. The maximum Gasteiger partial charge on any atom is 0.277 e. The number of carbonyl (C=O) groups excluding carboxylic acids is 1. The van der Waals surface area contributed by atoms with Crippen LogP contribution in [0.25, 0.3) is 5.57 Å². The van der Waals surface area contributed by atoms with Crippen molar-refractivity contribution >= 4 is 23.1 Å². The van der Waals surface area contributed by atoms with Crippen molar-refractivity contribution in [2.24, 2.45) is 0 Å². The van der Waals surface area contributed by atoms with E-state index in [4.69, 9.17) is 11.6 Å². The quantitative estimate of drug-likeness (QED) is 0.878. The molecule has 0 bridgehead atoms. The molecule has 0 unspecified atom stereocenters. The van der Waals surface area contributed by atoms with E-state index >= 15 is 0 Å². The maximum absolute atomic E-state index is 12.5. The number of nitrogens with two attached hydrogens (primary N) is 1. The van der Waals surface area contributed by atoms with Crippen molar-refractivity contribution in [2.45, 2.75) is 19.4 Å². The van der Waals surface area contributed by atoms with Crippen LogP contribution in [-0.2, 0) is 4.79 Å². The second-order valence-electron chi connectivity index (χ2n) is 6.47. The van der Waals surface area contributed by atoms with Gasteiger partial charge in [0.2, 0.25) is 0 Å². The second kappa shape index (κ2) is 8.32. The van der Waals surface area contributed by atoms with Gasteiger partial charge >= 0.3 is 0 Å². The molecule has 0 aliphatic carbocycles. The molecule has 3 rings (SSSR count). The number of quaternary nitrogens is 1. The Hall–Kier alpha value is -2.10. The van der Waals surface area contributed by atoms with E-state index in [0.717, 1.165) is 18.0 Å². The summed E-state index contributed by atoms with van der Waals surface area (Å²) < 4.78 is 0. The zero-order valence-electron chi connectivity index (χ0n) is 14.5. The molecule has 1 heterocycles. The van der Waals surface area contributed by atoms with Crippen molar-refractivity contribution in [1.82, 2.24) is 4.90 Å². The van der Waals surface area contributed by atoms with Crippen molar-refractivity contribution in [2.75, 3.05) is 19.6 Å². The van der Waals surface area contributed by atoms with E-state index in [0.29, 0.717) is 13.1 Å². The lowest BCUT2D eigenvalue weighted by Gasteiger charge is -2.26. The summed E-state index contributed by atoms with van der Waals surface area (Å²) in [6.07, 6.45) is 3.10. The summed E-state index contributed by atoms with van der Waals surface area (Å²) in [5.41, 5.74) is 3.78. The summed E-state index contributed by atoms with van der Waals surface area (Å²) in [5, 5.41) is 2.82. The minimum Gasteiger partial charge on any atom is -0.334 e. The molecule has 0 fully saturated rings. The van der Waals surface area contributed by atoms with Gasteiger partial charge in [-0.3, -0.25) is 4.79 Å². The first-order valence-corrected chi connectivity index (χ1v) is 9.12. The van der Waals surface area contributed by atoms with Gasteiger partial charge in [-0.25, -0.2) is 0 Å². The molecule has 2 N–H and O–H groups in total. The van der Waals surface area contributed by atoms with Gasteiger partial charge in [0.15, 0.2) is 6.54 Å². The molecular weight excluding hydrogens is 332 g/mol. The molecule has 1 aliphatic heterocycles. The fourth-order valence-corrected chi connectivity index (χ4v) is 3.25. The Labute approximate surface area is 154 Å². The van der Waals surface area contributed by atoms with E-state index in [1.165, 1.54) is 16.7 Å². The molecule has 0 saturated carbocycles. The van der Waals surface area contributed by atoms with Crippen LogP contribution in [-0.4, -0.2) is 30.4 Å². The number of amides is 1. The molecule has 130 valence electrons. The fraction of sp³-hybridized carbons (Fsp3) is 0.286. The number of rotatable bonds is 5. The predicted octanol–water partition coefficient (Wildman–Crippen LogP) is 3.28. The Balaban J connectivity index is 1.51. The highest BCUT2D eigenvalue weighted by Gasteiger charge is 2.20. The molecule has 4 heteroatoms. The lowest BCUT2D eigenvalue weighted by atomic mass is 9.99. The monoisotopic (exact) mass is 355 g/mol. The maximum atomic E-state index is 12.5. The SMILES string of the molecule is C[C@H]([NH2+]CC(=O)N1CC=C(c2ccccc2)CC1)c1ccc(Cl)cc1. The summed E-state index contributed by atoms with van der Waals surface area (Å²) in [7, 11) is 0. The molecular formula is C21H24ClN2O+. The fourth-order valence-electron chi connectivity index (χ4n) is 3.12. The molecule has 1 atom stereocenters. The Kier molecular flexibility index (Phi) is 5.90. The van der Waals surface area contributed by atoms with Gasteiger partial charge in [0, 0.05) is 23.7 Å². The van der Waals surface area contributed by atoms with Crippen molar-refractivity contribution in [1.29, 1.82) is 0 Å². The van der Waals surface area contributed by atoms with Crippen molar-refractivity contribution in [3.63, 3.8) is 0 Å². The van der Waals surface area contributed by atoms with Crippen LogP contribution in [0.4, 0.5) is 0 Å². The van der Waals surface area contributed by atoms with Crippen LogP contribution in [0.15, 0.2) is 60.7 Å². The Bertz CT molecular complexity index is 740. The minimum absolute atomic E-state index is 0.198. The number of benzene rings is 2. The van der Waals surface area contributed by atoms with Gasteiger partial charge in [0.05, 0.1) is 0 Å². The van der Waals surface area contributed by atoms with Gasteiger partial charge in [0.25, 0.3) is 5.91 Å². The second-order valence-corrected chi connectivity index (χ2v) is 6.90. The average Bonchev–Trinajstić information content (AvgIpc) is 2.67. The van der Waals surface area contributed by atoms with Gasteiger partial charge in [-0.15, -0.1) is 0 Å². The molecule has 25 heavy (non-hydrogen) atoms. The van der Waals surface area contributed by atoms with E-state index in [2.05, 4.69) is 42.6 Å². The first-order chi connectivity index (χ1) is 12.1. The van der Waals surface area contributed by atoms with Crippen LogP contribution < -0.4 is 5.32 Å². The van der Waals surface area contributed by atoms with Gasteiger partial charge in [-0.1, -0.05) is 60.1 Å². The molecule has 1 aliphatic rings. The van der Waals surface area contributed by atoms with Crippen LogP contribution in [0.1, 0.15) is 30.5 Å². The topological polar surface area (TPSA) is 36.9 Å². The Morgan fingerprint density at radius 3 is 2.52 bits per heavy atom. The summed E-state index contributed by atoms with van der Waals surface area (Å²) in [6.45, 7) is 4.08. The summed E-state index contributed by atoms with van der Waals surface area (Å²) >= 11 is 5.93. The van der Waals surface area contributed by atoms with Crippen molar-refractivity contribution < 1.29 is 10.1 Å². The highest BCUT2D eigenvalue weighted by Crippen LogP contribution is 2.21. The summed E-state index contributed by atoms with van der Waals surface area (Å²) in [5.74, 6) is 0.198. The van der Waals surface area contributed by atoms with Gasteiger partial charge < -0.3 is 10.2 Å². The lowest BCUT2D eigenvalue weighted by Crippen LogP contribution is -2.87. The minimum atomic E-state index is 0.198. The van der Waals surface area contributed by atoms with Crippen molar-refractivity contribution in [3.05, 3.63) is 76.8 Å². The first kappa shape index (κ1) is 17.7. The first-order valence-electron chi connectivity index (χ1n) is 8.74. The van der Waals surface area contributed by atoms with Gasteiger partial charge in [-0.05, 0) is 36.6 Å². The van der Waals surface area contributed by atoms with E-state index < -0.39 is 0 Å². The number of nitrogens with zero attached hydrogens (tertiary/aromatic N) is 1. The van der Waals surface area contributed by atoms with Crippen LogP contribution in [0, 0.1) is 0 Å². The van der Waals surface area contributed by atoms with Crippen LogP contribution in [0.3, 0.4) is 0 Å².